The standard InChI is InChI=1S/C17H20O/c1-4-18-17-7-5-6-16(12-17)15-10-8-14(9-11-15)13(2)3/h5-13H,4H2,1-3H3. The second-order valence-electron chi connectivity index (χ2n) is 4.74. The first-order valence-corrected chi connectivity index (χ1v) is 6.54. The van der Waals surface area contributed by atoms with Crippen molar-refractivity contribution in [2.75, 3.05) is 6.61 Å². The second kappa shape index (κ2) is 5.72. The summed E-state index contributed by atoms with van der Waals surface area (Å²) in [6.45, 7) is 7.13. The van der Waals surface area contributed by atoms with Gasteiger partial charge in [-0.25, -0.2) is 0 Å². The second-order valence-corrected chi connectivity index (χ2v) is 4.74. The van der Waals surface area contributed by atoms with Crippen LogP contribution in [0.1, 0.15) is 32.3 Å². The smallest absolute Gasteiger partial charge is 0.119 e. The lowest BCUT2D eigenvalue weighted by atomic mass is 9.99. The van der Waals surface area contributed by atoms with E-state index >= 15 is 0 Å². The molecule has 0 radical (unpaired) electrons. The van der Waals surface area contributed by atoms with Crippen molar-refractivity contribution in [3.8, 4) is 16.9 Å². The molecule has 0 N–H and O–H groups in total. The molecule has 0 atom stereocenters. The van der Waals surface area contributed by atoms with E-state index in [1.807, 2.05) is 19.1 Å². The van der Waals surface area contributed by atoms with Crippen molar-refractivity contribution in [1.29, 1.82) is 0 Å². The monoisotopic (exact) mass is 240 g/mol. The Hall–Kier alpha value is -1.76. The fraction of sp³-hybridized carbons (Fsp3) is 0.294. The van der Waals surface area contributed by atoms with Gasteiger partial charge in [-0.15, -0.1) is 0 Å². The van der Waals surface area contributed by atoms with Gasteiger partial charge in [0.25, 0.3) is 0 Å². The Bertz CT molecular complexity index is 497. The van der Waals surface area contributed by atoms with Gasteiger partial charge in [0.2, 0.25) is 0 Å². The van der Waals surface area contributed by atoms with Crippen molar-refractivity contribution in [1.82, 2.24) is 0 Å². The van der Waals surface area contributed by atoms with Crippen molar-refractivity contribution in [3.05, 3.63) is 54.1 Å². The van der Waals surface area contributed by atoms with E-state index in [1.54, 1.807) is 0 Å². The predicted octanol–water partition coefficient (Wildman–Crippen LogP) is 4.88. The number of rotatable bonds is 4. The summed E-state index contributed by atoms with van der Waals surface area (Å²) in [5, 5.41) is 0. The molecular weight excluding hydrogens is 220 g/mol. The van der Waals surface area contributed by atoms with Crippen molar-refractivity contribution in [3.63, 3.8) is 0 Å². The van der Waals surface area contributed by atoms with Gasteiger partial charge in [-0.1, -0.05) is 50.2 Å². The van der Waals surface area contributed by atoms with Gasteiger partial charge in [0, 0.05) is 0 Å². The molecule has 0 aliphatic rings. The van der Waals surface area contributed by atoms with Crippen LogP contribution in [-0.4, -0.2) is 6.61 Å². The first kappa shape index (κ1) is 12.7. The number of ether oxygens (including phenoxy) is 1. The lowest BCUT2D eigenvalue weighted by Crippen LogP contribution is -1.91. The van der Waals surface area contributed by atoms with Crippen LogP contribution in [0, 0.1) is 0 Å². The molecule has 0 heterocycles. The van der Waals surface area contributed by atoms with Crippen LogP contribution in [0.5, 0.6) is 5.75 Å². The molecule has 1 heteroatoms. The summed E-state index contributed by atoms with van der Waals surface area (Å²) < 4.78 is 5.53. The highest BCUT2D eigenvalue weighted by Gasteiger charge is 2.02. The minimum atomic E-state index is 0.578. The molecule has 0 amide bonds. The number of benzene rings is 2. The maximum atomic E-state index is 5.53. The van der Waals surface area contributed by atoms with E-state index in [-0.39, 0.29) is 0 Å². The SMILES string of the molecule is CCOc1cccc(-c2ccc(C(C)C)cc2)c1. The van der Waals surface area contributed by atoms with Gasteiger partial charge in [0.05, 0.1) is 6.61 Å². The van der Waals surface area contributed by atoms with Gasteiger partial charge in [-0.2, -0.15) is 0 Å². The zero-order chi connectivity index (χ0) is 13.0. The molecule has 2 aromatic rings. The van der Waals surface area contributed by atoms with E-state index < -0.39 is 0 Å². The van der Waals surface area contributed by atoms with E-state index in [1.165, 1.54) is 16.7 Å². The summed E-state index contributed by atoms with van der Waals surface area (Å²) >= 11 is 0. The van der Waals surface area contributed by atoms with Crippen molar-refractivity contribution in [2.24, 2.45) is 0 Å². The maximum absolute atomic E-state index is 5.53. The highest BCUT2D eigenvalue weighted by atomic mass is 16.5. The molecule has 2 aromatic carbocycles. The first-order chi connectivity index (χ1) is 8.70. The Morgan fingerprint density at radius 3 is 2.28 bits per heavy atom. The Morgan fingerprint density at radius 2 is 1.67 bits per heavy atom. The van der Waals surface area contributed by atoms with Gasteiger partial charge < -0.3 is 4.74 Å². The largest absolute Gasteiger partial charge is 0.494 e. The molecule has 1 nitrogen and oxygen atoms in total. The Morgan fingerprint density at radius 1 is 0.944 bits per heavy atom. The molecular formula is C17H20O. The Labute approximate surface area is 109 Å². The van der Waals surface area contributed by atoms with Crippen LogP contribution < -0.4 is 4.74 Å². The third-order valence-corrected chi connectivity index (χ3v) is 3.06. The minimum absolute atomic E-state index is 0.578. The minimum Gasteiger partial charge on any atom is -0.494 e. The van der Waals surface area contributed by atoms with Crippen molar-refractivity contribution in [2.45, 2.75) is 26.7 Å². The van der Waals surface area contributed by atoms with E-state index in [4.69, 9.17) is 4.74 Å². The zero-order valence-electron chi connectivity index (χ0n) is 11.3. The van der Waals surface area contributed by atoms with Gasteiger partial charge in [-0.3, -0.25) is 0 Å². The summed E-state index contributed by atoms with van der Waals surface area (Å²) in [6.07, 6.45) is 0. The molecule has 2 rings (SSSR count). The van der Waals surface area contributed by atoms with Crippen LogP contribution in [0.4, 0.5) is 0 Å². The first-order valence-electron chi connectivity index (χ1n) is 6.54. The van der Waals surface area contributed by atoms with Gasteiger partial charge in [0.15, 0.2) is 0 Å². The highest BCUT2D eigenvalue weighted by Crippen LogP contribution is 2.25. The van der Waals surface area contributed by atoms with Crippen molar-refractivity contribution >= 4 is 0 Å². The summed E-state index contributed by atoms with van der Waals surface area (Å²) in [6, 6.07) is 17.0. The molecule has 94 valence electrons. The van der Waals surface area contributed by atoms with Crippen LogP contribution in [0.15, 0.2) is 48.5 Å². The molecule has 0 fully saturated rings. The summed E-state index contributed by atoms with van der Waals surface area (Å²) in [5.74, 6) is 1.51. The maximum Gasteiger partial charge on any atom is 0.119 e. The van der Waals surface area contributed by atoms with E-state index in [0.717, 1.165) is 5.75 Å². The van der Waals surface area contributed by atoms with Crippen molar-refractivity contribution < 1.29 is 4.74 Å². The Kier molecular flexibility index (Phi) is 4.03. The van der Waals surface area contributed by atoms with Crippen LogP contribution in [0.25, 0.3) is 11.1 Å². The van der Waals surface area contributed by atoms with Gasteiger partial charge >= 0.3 is 0 Å². The van der Waals surface area contributed by atoms with Crippen LogP contribution in [0.3, 0.4) is 0 Å². The average molecular weight is 240 g/mol. The number of hydrogen-bond acceptors (Lipinski definition) is 1. The summed E-state index contributed by atoms with van der Waals surface area (Å²) in [4.78, 5) is 0. The predicted molar refractivity (Wildman–Crippen MR) is 77.1 cm³/mol. The van der Waals surface area contributed by atoms with Gasteiger partial charge in [0.1, 0.15) is 5.75 Å². The third-order valence-electron chi connectivity index (χ3n) is 3.06. The summed E-state index contributed by atoms with van der Waals surface area (Å²) in [5.41, 5.74) is 3.82. The van der Waals surface area contributed by atoms with E-state index in [0.29, 0.717) is 12.5 Å². The molecule has 0 unspecified atom stereocenters. The third kappa shape index (κ3) is 2.92. The molecule has 0 aliphatic heterocycles. The quantitative estimate of drug-likeness (QED) is 0.740. The molecule has 0 aliphatic carbocycles. The normalized spacial score (nSPS) is 10.7. The van der Waals surface area contributed by atoms with E-state index in [2.05, 4.69) is 50.2 Å². The highest BCUT2D eigenvalue weighted by molar-refractivity contribution is 5.65. The average Bonchev–Trinajstić information content (AvgIpc) is 2.39. The molecule has 0 spiro atoms. The molecule has 0 aromatic heterocycles. The number of hydrogen-bond donors (Lipinski definition) is 0. The topological polar surface area (TPSA) is 9.23 Å². The molecule has 0 bridgehead atoms. The Balaban J connectivity index is 2.27. The van der Waals surface area contributed by atoms with E-state index in [9.17, 15) is 0 Å². The fourth-order valence-electron chi connectivity index (χ4n) is 1.99. The molecule has 0 saturated heterocycles. The lowest BCUT2D eigenvalue weighted by molar-refractivity contribution is 0.340. The van der Waals surface area contributed by atoms with Crippen LogP contribution in [-0.2, 0) is 0 Å². The fourth-order valence-corrected chi connectivity index (χ4v) is 1.99. The zero-order valence-corrected chi connectivity index (χ0v) is 11.3. The molecule has 0 saturated carbocycles. The lowest BCUT2D eigenvalue weighted by Gasteiger charge is -2.08. The van der Waals surface area contributed by atoms with Crippen LogP contribution in [0.2, 0.25) is 0 Å². The summed E-state index contributed by atoms with van der Waals surface area (Å²) in [7, 11) is 0. The molecule has 18 heavy (non-hydrogen) atoms. The van der Waals surface area contributed by atoms with Gasteiger partial charge in [-0.05, 0) is 41.7 Å². The van der Waals surface area contributed by atoms with Crippen LogP contribution >= 0.6 is 0 Å².